The Morgan fingerprint density at radius 2 is 2.17 bits per heavy atom. The summed E-state index contributed by atoms with van der Waals surface area (Å²) >= 11 is 0. The van der Waals surface area contributed by atoms with E-state index in [0.717, 1.165) is 37.8 Å². The molecule has 0 spiro atoms. The highest BCUT2D eigenvalue weighted by Crippen LogP contribution is 2.34. The van der Waals surface area contributed by atoms with Crippen molar-refractivity contribution in [2.75, 3.05) is 25.0 Å². The van der Waals surface area contributed by atoms with Crippen LogP contribution in [0.5, 0.6) is 0 Å². The first-order valence-corrected chi connectivity index (χ1v) is 8.43. The molecule has 4 rings (SSSR count). The maximum Gasteiger partial charge on any atom is 0.165 e. The van der Waals surface area contributed by atoms with E-state index >= 15 is 0 Å². The Balaban J connectivity index is 1.27. The second-order valence-corrected chi connectivity index (χ2v) is 6.76. The highest BCUT2D eigenvalue weighted by atomic mass is 15.6. The molecule has 0 unspecified atom stereocenters. The minimum Gasteiger partial charge on any atom is -0.370 e. The number of aryl methyl sites for hydroxylation is 1. The van der Waals surface area contributed by atoms with E-state index in [-0.39, 0.29) is 0 Å². The monoisotopic (exact) mass is 313 g/mol. The molecule has 0 radical (unpaired) electrons. The van der Waals surface area contributed by atoms with Gasteiger partial charge < -0.3 is 5.32 Å². The lowest BCUT2D eigenvalue weighted by atomic mass is 10.1. The number of hydrogen-bond acceptors (Lipinski definition) is 6. The molecular formula is C16H23N7. The van der Waals surface area contributed by atoms with Crippen molar-refractivity contribution < 1.29 is 0 Å². The summed E-state index contributed by atoms with van der Waals surface area (Å²) in [5, 5.41) is 15.6. The summed E-state index contributed by atoms with van der Waals surface area (Å²) in [4.78, 5) is 6.86. The third-order valence-electron chi connectivity index (χ3n) is 4.67. The molecule has 1 atom stereocenters. The van der Waals surface area contributed by atoms with Gasteiger partial charge in [0.1, 0.15) is 5.82 Å². The molecule has 3 heterocycles. The molecule has 122 valence electrons. The van der Waals surface area contributed by atoms with Gasteiger partial charge in [0.05, 0.1) is 12.6 Å². The zero-order valence-corrected chi connectivity index (χ0v) is 13.5. The van der Waals surface area contributed by atoms with Gasteiger partial charge in [-0.1, -0.05) is 6.07 Å². The number of hydrogen-bond donors (Lipinski definition) is 1. The van der Waals surface area contributed by atoms with Crippen molar-refractivity contribution >= 4 is 5.82 Å². The van der Waals surface area contributed by atoms with Gasteiger partial charge in [-0.05, 0) is 60.7 Å². The number of rotatable bonds is 6. The van der Waals surface area contributed by atoms with Crippen molar-refractivity contribution in [1.82, 2.24) is 30.1 Å². The van der Waals surface area contributed by atoms with Crippen molar-refractivity contribution in [3.05, 3.63) is 29.7 Å². The molecule has 7 nitrogen and oxygen atoms in total. The highest BCUT2D eigenvalue weighted by molar-refractivity contribution is 5.35. The van der Waals surface area contributed by atoms with E-state index in [1.807, 2.05) is 16.9 Å². The van der Waals surface area contributed by atoms with Gasteiger partial charge in [-0.3, -0.25) is 4.90 Å². The van der Waals surface area contributed by atoms with Crippen molar-refractivity contribution in [1.29, 1.82) is 0 Å². The minimum atomic E-state index is 0.549. The number of pyridine rings is 1. The first-order valence-electron chi connectivity index (χ1n) is 8.43. The average molecular weight is 313 g/mol. The van der Waals surface area contributed by atoms with Crippen LogP contribution >= 0.6 is 0 Å². The van der Waals surface area contributed by atoms with Crippen LogP contribution in [0.3, 0.4) is 0 Å². The first kappa shape index (κ1) is 14.6. The Bertz CT molecular complexity index is 647. The van der Waals surface area contributed by atoms with Gasteiger partial charge in [0.25, 0.3) is 0 Å². The van der Waals surface area contributed by atoms with Crippen LogP contribution < -0.4 is 5.32 Å². The van der Waals surface area contributed by atoms with Crippen LogP contribution in [0.1, 0.15) is 36.7 Å². The lowest BCUT2D eigenvalue weighted by Gasteiger charge is -2.16. The zero-order chi connectivity index (χ0) is 15.6. The number of likely N-dealkylation sites (tertiary alicyclic amines) is 1. The topological polar surface area (TPSA) is 71.8 Å². The molecule has 2 aromatic rings. The Kier molecular flexibility index (Phi) is 3.95. The summed E-state index contributed by atoms with van der Waals surface area (Å²) in [5.41, 5.74) is 1.19. The predicted molar refractivity (Wildman–Crippen MR) is 86.9 cm³/mol. The van der Waals surface area contributed by atoms with E-state index in [9.17, 15) is 0 Å². The normalized spacial score (nSPS) is 21.7. The molecule has 7 heteroatoms. The van der Waals surface area contributed by atoms with Crippen LogP contribution in [0, 0.1) is 12.8 Å². The fourth-order valence-corrected chi connectivity index (χ4v) is 3.16. The fourth-order valence-electron chi connectivity index (χ4n) is 3.16. The molecule has 1 aliphatic heterocycles. The second-order valence-electron chi connectivity index (χ2n) is 6.76. The summed E-state index contributed by atoms with van der Waals surface area (Å²) in [6.07, 6.45) is 5.55. The molecule has 0 bridgehead atoms. The van der Waals surface area contributed by atoms with Gasteiger partial charge in [0, 0.05) is 19.3 Å². The van der Waals surface area contributed by atoms with E-state index in [2.05, 4.69) is 43.7 Å². The summed E-state index contributed by atoms with van der Waals surface area (Å²) in [7, 11) is 0. The van der Waals surface area contributed by atoms with Crippen molar-refractivity contribution in [3.8, 4) is 0 Å². The summed E-state index contributed by atoms with van der Waals surface area (Å²) < 4.78 is 2.02. The smallest absolute Gasteiger partial charge is 0.165 e. The molecule has 1 N–H and O–H groups in total. The maximum absolute atomic E-state index is 4.40. The molecular weight excluding hydrogens is 290 g/mol. The van der Waals surface area contributed by atoms with E-state index in [1.54, 1.807) is 0 Å². The van der Waals surface area contributed by atoms with E-state index < -0.39 is 0 Å². The second kappa shape index (κ2) is 6.23. The van der Waals surface area contributed by atoms with Crippen molar-refractivity contribution in [2.45, 2.75) is 38.8 Å². The predicted octanol–water partition coefficient (Wildman–Crippen LogP) is 1.65. The Morgan fingerprint density at radius 3 is 2.96 bits per heavy atom. The van der Waals surface area contributed by atoms with Crippen LogP contribution in [0.25, 0.3) is 0 Å². The van der Waals surface area contributed by atoms with Crippen LogP contribution in [0.2, 0.25) is 0 Å². The first-order chi connectivity index (χ1) is 11.3. The van der Waals surface area contributed by atoms with Crippen LogP contribution in [-0.2, 0) is 6.54 Å². The lowest BCUT2D eigenvalue weighted by molar-refractivity contribution is 0.302. The number of aromatic nitrogens is 5. The van der Waals surface area contributed by atoms with Gasteiger partial charge in [0.15, 0.2) is 5.82 Å². The number of nitrogens with zero attached hydrogens (tertiary/aromatic N) is 6. The molecule has 1 saturated heterocycles. The fraction of sp³-hybridized carbons (Fsp3) is 0.625. The van der Waals surface area contributed by atoms with Gasteiger partial charge in [0.2, 0.25) is 0 Å². The lowest BCUT2D eigenvalue weighted by Crippen LogP contribution is -2.24. The highest BCUT2D eigenvalue weighted by Gasteiger charge is 2.29. The largest absolute Gasteiger partial charge is 0.370 e. The van der Waals surface area contributed by atoms with Crippen molar-refractivity contribution in [2.24, 2.45) is 5.92 Å². The molecule has 1 aliphatic carbocycles. The van der Waals surface area contributed by atoms with Crippen LogP contribution in [0.15, 0.2) is 18.3 Å². The molecule has 2 fully saturated rings. The number of anilines is 1. The summed E-state index contributed by atoms with van der Waals surface area (Å²) in [6, 6.07) is 4.69. The van der Waals surface area contributed by atoms with Gasteiger partial charge in [-0.15, -0.1) is 5.10 Å². The Hall–Kier alpha value is -2.02. The van der Waals surface area contributed by atoms with Crippen LogP contribution in [-0.4, -0.2) is 49.7 Å². The van der Waals surface area contributed by atoms with Gasteiger partial charge in [-0.25, -0.2) is 9.67 Å². The average Bonchev–Trinajstić information content (AvgIpc) is 3.13. The Morgan fingerprint density at radius 1 is 1.26 bits per heavy atom. The van der Waals surface area contributed by atoms with E-state index in [0.29, 0.717) is 12.0 Å². The number of nitrogens with one attached hydrogen (secondary N) is 1. The standard InChI is InChI=1S/C16H23N7/c1-12-2-5-15(17-8-12)18-9-13-6-7-22(10-13)11-16-19-20-21-23(16)14-3-4-14/h2,5,8,13-14H,3-4,6-7,9-11H2,1H3,(H,17,18)/t13-/m1/s1. The number of tetrazole rings is 1. The third kappa shape index (κ3) is 3.50. The van der Waals surface area contributed by atoms with E-state index in [1.165, 1.54) is 24.8 Å². The molecule has 0 amide bonds. The van der Waals surface area contributed by atoms with Gasteiger partial charge >= 0.3 is 0 Å². The summed E-state index contributed by atoms with van der Waals surface area (Å²) in [5.74, 6) is 2.64. The SMILES string of the molecule is Cc1ccc(NC[C@H]2CCN(Cc3nnnn3C3CC3)C2)nc1. The molecule has 0 aromatic carbocycles. The Labute approximate surface area is 136 Å². The minimum absolute atomic E-state index is 0.549. The third-order valence-corrected chi connectivity index (χ3v) is 4.67. The van der Waals surface area contributed by atoms with E-state index in [4.69, 9.17) is 0 Å². The molecule has 2 aromatic heterocycles. The molecule has 2 aliphatic rings. The summed E-state index contributed by atoms with van der Waals surface area (Å²) in [6.45, 7) is 6.10. The van der Waals surface area contributed by atoms with Gasteiger partial charge in [-0.2, -0.15) is 0 Å². The molecule has 23 heavy (non-hydrogen) atoms. The molecule has 1 saturated carbocycles. The quantitative estimate of drug-likeness (QED) is 0.874. The van der Waals surface area contributed by atoms with Crippen molar-refractivity contribution in [3.63, 3.8) is 0 Å². The zero-order valence-electron chi connectivity index (χ0n) is 13.5. The van der Waals surface area contributed by atoms with Crippen LogP contribution in [0.4, 0.5) is 5.82 Å². The maximum atomic E-state index is 4.40.